The topological polar surface area (TPSA) is 41.5 Å². The molecule has 0 saturated heterocycles. The Balaban J connectivity index is 2.85. The molecule has 0 aliphatic rings. The van der Waals surface area contributed by atoms with Crippen molar-refractivity contribution in [3.05, 3.63) is 29.3 Å². The first-order chi connectivity index (χ1) is 8.36. The van der Waals surface area contributed by atoms with Gasteiger partial charge in [0.15, 0.2) is 0 Å². The maximum absolute atomic E-state index is 10.6. The highest BCUT2D eigenvalue weighted by Gasteiger charge is 2.26. The average Bonchev–Trinajstić information content (AvgIpc) is 2.28. The molecular weight excluding hydrogens is 226 g/mol. The lowest BCUT2D eigenvalue weighted by Gasteiger charge is -2.26. The Morgan fingerprint density at radius 1 is 1.39 bits per heavy atom. The minimum atomic E-state index is -0.876. The first kappa shape index (κ1) is 15.0. The summed E-state index contributed by atoms with van der Waals surface area (Å²) in [5, 5.41) is 13.9. The number of rotatable bonds is 6. The smallest absolute Gasteiger partial charge is 0.124 e. The fourth-order valence-corrected chi connectivity index (χ4v) is 1.98. The summed E-state index contributed by atoms with van der Waals surface area (Å²) in [5.41, 5.74) is 1.11. The number of nitrogens with one attached hydrogen (secondary N) is 1. The van der Waals surface area contributed by atoms with Gasteiger partial charge in [-0.3, -0.25) is 0 Å². The van der Waals surface area contributed by atoms with E-state index in [0.717, 1.165) is 23.4 Å². The lowest BCUT2D eigenvalue weighted by molar-refractivity contribution is 0.0450. The predicted octanol–water partition coefficient (Wildman–Crippen LogP) is 2.60. The monoisotopic (exact) mass is 251 g/mol. The van der Waals surface area contributed by atoms with Crippen molar-refractivity contribution in [1.82, 2.24) is 5.32 Å². The fourth-order valence-electron chi connectivity index (χ4n) is 1.98. The Bertz CT molecular complexity index is 386. The molecule has 2 N–H and O–H groups in total. The summed E-state index contributed by atoms with van der Waals surface area (Å²) in [6, 6.07) is 6.33. The summed E-state index contributed by atoms with van der Waals surface area (Å²) in [6.45, 7) is 8.84. The Kier molecular flexibility index (Phi) is 5.17. The van der Waals surface area contributed by atoms with E-state index in [4.69, 9.17) is 4.74 Å². The van der Waals surface area contributed by atoms with Crippen LogP contribution >= 0.6 is 0 Å². The number of ether oxygens (including phenoxy) is 1. The van der Waals surface area contributed by atoms with E-state index >= 15 is 0 Å². The van der Waals surface area contributed by atoms with Crippen LogP contribution in [-0.2, 0) is 5.60 Å². The van der Waals surface area contributed by atoms with Gasteiger partial charge in [-0.25, -0.2) is 0 Å². The van der Waals surface area contributed by atoms with Crippen LogP contribution in [0.1, 0.15) is 38.3 Å². The normalized spacial score (nSPS) is 14.6. The van der Waals surface area contributed by atoms with E-state index in [1.807, 2.05) is 32.0 Å². The van der Waals surface area contributed by atoms with Crippen LogP contribution in [0.25, 0.3) is 0 Å². The van der Waals surface area contributed by atoms with Gasteiger partial charge in [-0.2, -0.15) is 0 Å². The van der Waals surface area contributed by atoms with Crippen LogP contribution in [0.15, 0.2) is 18.2 Å². The second kappa shape index (κ2) is 6.21. The second-order valence-corrected chi connectivity index (χ2v) is 5.34. The van der Waals surface area contributed by atoms with Crippen LogP contribution in [0.3, 0.4) is 0 Å². The molecule has 0 fully saturated rings. The molecule has 0 bridgehead atoms. The molecule has 0 aliphatic heterocycles. The van der Waals surface area contributed by atoms with Gasteiger partial charge in [0.1, 0.15) is 5.75 Å². The first-order valence-electron chi connectivity index (χ1n) is 6.47. The van der Waals surface area contributed by atoms with E-state index in [2.05, 4.69) is 19.2 Å². The zero-order valence-corrected chi connectivity index (χ0v) is 12.1. The molecule has 1 aromatic rings. The van der Waals surface area contributed by atoms with Gasteiger partial charge >= 0.3 is 0 Å². The van der Waals surface area contributed by atoms with Crippen molar-refractivity contribution >= 4 is 0 Å². The summed E-state index contributed by atoms with van der Waals surface area (Å²) in [7, 11) is 1.64. The zero-order valence-electron chi connectivity index (χ0n) is 12.1. The number of hydrogen-bond acceptors (Lipinski definition) is 3. The first-order valence-corrected chi connectivity index (χ1v) is 6.47. The third-order valence-electron chi connectivity index (χ3n) is 3.10. The highest BCUT2D eigenvalue weighted by atomic mass is 16.5. The average molecular weight is 251 g/mol. The van der Waals surface area contributed by atoms with Gasteiger partial charge in [-0.15, -0.1) is 0 Å². The van der Waals surface area contributed by atoms with Gasteiger partial charge in [-0.1, -0.05) is 25.5 Å². The molecule has 18 heavy (non-hydrogen) atoms. The highest BCUT2D eigenvalue weighted by Crippen LogP contribution is 2.32. The fraction of sp³-hybridized carbons (Fsp3) is 0.600. The number of aryl methyl sites for hydroxylation is 1. The van der Waals surface area contributed by atoms with E-state index < -0.39 is 5.60 Å². The summed E-state index contributed by atoms with van der Waals surface area (Å²) in [4.78, 5) is 0. The molecule has 0 saturated carbocycles. The van der Waals surface area contributed by atoms with Crippen LogP contribution < -0.4 is 10.1 Å². The van der Waals surface area contributed by atoms with Crippen molar-refractivity contribution < 1.29 is 9.84 Å². The number of methoxy groups -OCH3 is 1. The molecule has 102 valence electrons. The Labute approximate surface area is 110 Å². The van der Waals surface area contributed by atoms with E-state index in [1.165, 1.54) is 0 Å². The highest BCUT2D eigenvalue weighted by molar-refractivity contribution is 5.40. The molecule has 3 nitrogen and oxygen atoms in total. The maximum atomic E-state index is 10.6. The number of aliphatic hydroxyl groups is 1. The lowest BCUT2D eigenvalue weighted by Crippen LogP contribution is -2.31. The van der Waals surface area contributed by atoms with Crippen LogP contribution in [0.4, 0.5) is 0 Å². The largest absolute Gasteiger partial charge is 0.496 e. The van der Waals surface area contributed by atoms with E-state index in [0.29, 0.717) is 12.5 Å². The summed E-state index contributed by atoms with van der Waals surface area (Å²) >= 11 is 0. The van der Waals surface area contributed by atoms with Crippen LogP contribution in [0, 0.1) is 6.92 Å². The standard InChI is InChI=1S/C15H25NO2/c1-11(2)16-9-8-15(4,17)13-10-12(3)6-7-14(13)18-5/h6-7,10-11,16-17H,8-9H2,1-5H3. The summed E-state index contributed by atoms with van der Waals surface area (Å²) in [6.07, 6.45) is 0.658. The molecule has 0 aliphatic carbocycles. The molecule has 1 unspecified atom stereocenters. The minimum Gasteiger partial charge on any atom is -0.496 e. The van der Waals surface area contributed by atoms with Crippen LogP contribution in [-0.4, -0.2) is 24.8 Å². The van der Waals surface area contributed by atoms with Gasteiger partial charge in [0.05, 0.1) is 12.7 Å². The van der Waals surface area contributed by atoms with E-state index in [-0.39, 0.29) is 0 Å². The van der Waals surface area contributed by atoms with Crippen molar-refractivity contribution in [3.8, 4) is 5.75 Å². The predicted molar refractivity (Wildman–Crippen MR) is 75.1 cm³/mol. The Hall–Kier alpha value is -1.06. The molecule has 0 radical (unpaired) electrons. The van der Waals surface area contributed by atoms with Crippen molar-refractivity contribution in [3.63, 3.8) is 0 Å². The third kappa shape index (κ3) is 4.00. The molecular formula is C15H25NO2. The van der Waals surface area contributed by atoms with Crippen LogP contribution in [0.5, 0.6) is 5.75 Å². The van der Waals surface area contributed by atoms with Gasteiger partial charge < -0.3 is 15.2 Å². The second-order valence-electron chi connectivity index (χ2n) is 5.34. The van der Waals surface area contributed by atoms with Crippen molar-refractivity contribution in [2.45, 2.75) is 45.8 Å². The Morgan fingerprint density at radius 3 is 2.61 bits per heavy atom. The SMILES string of the molecule is COc1ccc(C)cc1C(C)(O)CCNC(C)C. The number of benzene rings is 1. The lowest BCUT2D eigenvalue weighted by atomic mass is 9.90. The van der Waals surface area contributed by atoms with Gasteiger partial charge in [0.2, 0.25) is 0 Å². The molecule has 1 atom stereocenters. The molecule has 1 aromatic carbocycles. The number of hydrogen-bond donors (Lipinski definition) is 2. The maximum Gasteiger partial charge on any atom is 0.124 e. The quantitative estimate of drug-likeness (QED) is 0.816. The zero-order chi connectivity index (χ0) is 13.8. The van der Waals surface area contributed by atoms with Gasteiger partial charge in [-0.05, 0) is 38.9 Å². The summed E-state index contributed by atoms with van der Waals surface area (Å²) < 4.78 is 5.33. The molecule has 0 aromatic heterocycles. The summed E-state index contributed by atoms with van der Waals surface area (Å²) in [5.74, 6) is 0.746. The minimum absolute atomic E-state index is 0.431. The van der Waals surface area contributed by atoms with E-state index in [9.17, 15) is 5.11 Å². The van der Waals surface area contributed by atoms with Crippen molar-refractivity contribution in [1.29, 1.82) is 0 Å². The van der Waals surface area contributed by atoms with Crippen molar-refractivity contribution in [2.75, 3.05) is 13.7 Å². The molecule has 1 rings (SSSR count). The molecule has 0 heterocycles. The Morgan fingerprint density at radius 2 is 2.06 bits per heavy atom. The molecule has 3 heteroatoms. The molecule has 0 spiro atoms. The van der Waals surface area contributed by atoms with Crippen LogP contribution in [0.2, 0.25) is 0 Å². The molecule has 0 amide bonds. The third-order valence-corrected chi connectivity index (χ3v) is 3.10. The van der Waals surface area contributed by atoms with Crippen molar-refractivity contribution in [2.24, 2.45) is 0 Å². The van der Waals surface area contributed by atoms with Gasteiger partial charge in [0.25, 0.3) is 0 Å². The van der Waals surface area contributed by atoms with E-state index in [1.54, 1.807) is 7.11 Å². The van der Waals surface area contributed by atoms with Gasteiger partial charge in [0, 0.05) is 11.6 Å².